The first-order valence-corrected chi connectivity index (χ1v) is 9.36. The molecule has 0 aromatic heterocycles. The Kier molecular flexibility index (Phi) is 7.86. The first kappa shape index (κ1) is 22.8. The van der Waals surface area contributed by atoms with E-state index in [-0.39, 0.29) is 0 Å². The third-order valence-electron chi connectivity index (χ3n) is 4.62. The van der Waals surface area contributed by atoms with Crippen LogP contribution in [0, 0.1) is 13.8 Å². The van der Waals surface area contributed by atoms with E-state index in [2.05, 4.69) is 5.32 Å². The molecule has 0 heterocycles. The zero-order valence-electron chi connectivity index (χ0n) is 18.1. The molecule has 7 nitrogen and oxygen atoms in total. The second kappa shape index (κ2) is 10.3. The van der Waals surface area contributed by atoms with Crippen LogP contribution in [0.3, 0.4) is 0 Å². The molecule has 0 saturated carbocycles. The lowest BCUT2D eigenvalue weighted by Gasteiger charge is -2.15. The molecule has 2 aromatic rings. The molecular formula is C23H27NO6. The topological polar surface area (TPSA) is 83.1 Å². The molecule has 2 aromatic carbocycles. The number of anilines is 1. The maximum absolute atomic E-state index is 12.4. The van der Waals surface area contributed by atoms with Gasteiger partial charge in [-0.15, -0.1) is 0 Å². The van der Waals surface area contributed by atoms with Crippen molar-refractivity contribution in [3.8, 4) is 17.2 Å². The minimum atomic E-state index is -0.956. The zero-order chi connectivity index (χ0) is 22.3. The number of benzene rings is 2. The number of nitrogens with one attached hydrogen (secondary N) is 1. The van der Waals surface area contributed by atoms with Crippen LogP contribution in [0.15, 0.2) is 36.4 Å². The van der Waals surface area contributed by atoms with Gasteiger partial charge in [0.05, 0.1) is 21.3 Å². The van der Waals surface area contributed by atoms with Crippen molar-refractivity contribution in [2.75, 3.05) is 26.6 Å². The Morgan fingerprint density at radius 3 is 2.20 bits per heavy atom. The molecule has 2 rings (SSSR count). The summed E-state index contributed by atoms with van der Waals surface area (Å²) >= 11 is 0. The molecule has 30 heavy (non-hydrogen) atoms. The molecule has 0 radical (unpaired) electrons. The highest BCUT2D eigenvalue weighted by molar-refractivity contribution is 5.97. The highest BCUT2D eigenvalue weighted by Crippen LogP contribution is 2.38. The highest BCUT2D eigenvalue weighted by Gasteiger charge is 2.18. The van der Waals surface area contributed by atoms with Crippen LogP contribution in [0.5, 0.6) is 17.2 Å². The number of amides is 1. The fraction of sp³-hybridized carbons (Fsp3) is 0.304. The van der Waals surface area contributed by atoms with Gasteiger partial charge < -0.3 is 24.3 Å². The summed E-state index contributed by atoms with van der Waals surface area (Å²) in [7, 11) is 4.53. The van der Waals surface area contributed by atoms with Gasteiger partial charge in [-0.05, 0) is 61.7 Å². The van der Waals surface area contributed by atoms with Gasteiger partial charge in [-0.25, -0.2) is 4.79 Å². The Hall–Kier alpha value is -3.48. The fourth-order valence-electron chi connectivity index (χ4n) is 2.75. The standard InChI is InChI=1S/C23H27NO6/c1-14-8-7-9-18(15(14)2)24-23(26)16(3)30-21(25)11-10-17-12-19(27-4)22(29-6)20(13-17)28-5/h7-13,16H,1-6H3,(H,24,26)/b11-10+/t16-/m1/s1. The van der Waals surface area contributed by atoms with Crippen LogP contribution in [-0.2, 0) is 14.3 Å². The number of hydrogen-bond acceptors (Lipinski definition) is 6. The van der Waals surface area contributed by atoms with Crippen molar-refractivity contribution in [2.24, 2.45) is 0 Å². The van der Waals surface area contributed by atoms with Gasteiger partial charge in [0.1, 0.15) is 0 Å². The van der Waals surface area contributed by atoms with Gasteiger partial charge in [0.15, 0.2) is 17.6 Å². The molecule has 0 saturated heterocycles. The van der Waals surface area contributed by atoms with Crippen molar-refractivity contribution in [1.82, 2.24) is 0 Å². The van der Waals surface area contributed by atoms with Crippen molar-refractivity contribution in [1.29, 1.82) is 0 Å². The Balaban J connectivity index is 2.05. The predicted octanol–water partition coefficient (Wildman–Crippen LogP) is 3.91. The molecule has 0 aliphatic carbocycles. The van der Waals surface area contributed by atoms with Crippen molar-refractivity contribution in [3.05, 3.63) is 53.1 Å². The number of carbonyl (C=O) groups is 2. The normalized spacial score (nSPS) is 11.7. The number of rotatable bonds is 8. The second-order valence-corrected chi connectivity index (χ2v) is 6.61. The number of methoxy groups -OCH3 is 3. The van der Waals surface area contributed by atoms with E-state index in [0.29, 0.717) is 28.5 Å². The molecule has 0 fully saturated rings. The summed E-state index contributed by atoms with van der Waals surface area (Å²) in [6.07, 6.45) is 1.83. The Bertz CT molecular complexity index is 926. The zero-order valence-corrected chi connectivity index (χ0v) is 18.1. The molecule has 1 N–H and O–H groups in total. The Labute approximate surface area is 176 Å². The summed E-state index contributed by atoms with van der Waals surface area (Å²) in [5.41, 5.74) is 3.36. The minimum Gasteiger partial charge on any atom is -0.493 e. The first-order chi connectivity index (χ1) is 14.3. The summed E-state index contributed by atoms with van der Waals surface area (Å²) in [5, 5.41) is 2.79. The molecule has 1 atom stereocenters. The summed E-state index contributed by atoms with van der Waals surface area (Å²) in [6, 6.07) is 9.01. The maximum Gasteiger partial charge on any atom is 0.331 e. The average Bonchev–Trinajstić information content (AvgIpc) is 2.74. The number of hydrogen-bond donors (Lipinski definition) is 1. The molecule has 7 heteroatoms. The van der Waals surface area contributed by atoms with Crippen LogP contribution in [0.25, 0.3) is 6.08 Å². The quantitative estimate of drug-likeness (QED) is 0.522. The van der Waals surface area contributed by atoms with E-state index in [1.165, 1.54) is 34.3 Å². The molecule has 0 aliphatic rings. The van der Waals surface area contributed by atoms with Gasteiger partial charge in [-0.2, -0.15) is 0 Å². The van der Waals surface area contributed by atoms with E-state index in [4.69, 9.17) is 18.9 Å². The molecule has 0 aliphatic heterocycles. The SMILES string of the molecule is COc1cc(/C=C/C(=O)O[C@H](C)C(=O)Nc2cccc(C)c2C)cc(OC)c1OC. The largest absolute Gasteiger partial charge is 0.493 e. The number of aryl methyl sites for hydroxylation is 1. The van der Waals surface area contributed by atoms with E-state index < -0.39 is 18.0 Å². The van der Waals surface area contributed by atoms with Crippen molar-refractivity contribution in [2.45, 2.75) is 26.9 Å². The molecular weight excluding hydrogens is 386 g/mol. The first-order valence-electron chi connectivity index (χ1n) is 9.36. The van der Waals surface area contributed by atoms with Gasteiger partial charge in [0.2, 0.25) is 5.75 Å². The summed E-state index contributed by atoms with van der Waals surface area (Å²) in [6.45, 7) is 5.40. The van der Waals surface area contributed by atoms with Crippen LogP contribution in [0.1, 0.15) is 23.6 Å². The molecule has 0 unspecified atom stereocenters. The monoisotopic (exact) mass is 413 g/mol. The molecule has 0 spiro atoms. The minimum absolute atomic E-state index is 0.404. The number of ether oxygens (including phenoxy) is 4. The van der Waals surface area contributed by atoms with Crippen LogP contribution in [-0.4, -0.2) is 39.3 Å². The van der Waals surface area contributed by atoms with Crippen molar-refractivity contribution in [3.63, 3.8) is 0 Å². The number of esters is 1. The van der Waals surface area contributed by atoms with Gasteiger partial charge in [-0.3, -0.25) is 4.79 Å². The lowest BCUT2D eigenvalue weighted by Crippen LogP contribution is -2.29. The summed E-state index contributed by atoms with van der Waals surface area (Å²) in [5.74, 6) is 0.333. The second-order valence-electron chi connectivity index (χ2n) is 6.61. The van der Waals surface area contributed by atoms with Crippen LogP contribution in [0.4, 0.5) is 5.69 Å². The van der Waals surface area contributed by atoms with E-state index in [9.17, 15) is 9.59 Å². The van der Waals surface area contributed by atoms with Crippen molar-refractivity contribution < 1.29 is 28.5 Å². The van der Waals surface area contributed by atoms with Gasteiger partial charge in [-0.1, -0.05) is 12.1 Å². The van der Waals surface area contributed by atoms with Crippen molar-refractivity contribution >= 4 is 23.6 Å². The summed E-state index contributed by atoms with van der Waals surface area (Å²) < 4.78 is 21.1. The third-order valence-corrected chi connectivity index (χ3v) is 4.62. The van der Waals surface area contributed by atoms with Crippen LogP contribution >= 0.6 is 0 Å². The van der Waals surface area contributed by atoms with E-state index >= 15 is 0 Å². The van der Waals surface area contributed by atoms with E-state index in [1.807, 2.05) is 26.0 Å². The highest BCUT2D eigenvalue weighted by atomic mass is 16.5. The molecule has 1 amide bonds. The van der Waals surface area contributed by atoms with Gasteiger partial charge in [0, 0.05) is 11.8 Å². The Morgan fingerprint density at radius 1 is 1.00 bits per heavy atom. The van der Waals surface area contributed by atoms with Gasteiger partial charge >= 0.3 is 5.97 Å². The molecule has 0 bridgehead atoms. The average molecular weight is 413 g/mol. The van der Waals surface area contributed by atoms with Crippen LogP contribution < -0.4 is 19.5 Å². The summed E-state index contributed by atoms with van der Waals surface area (Å²) in [4.78, 5) is 24.5. The molecule has 160 valence electrons. The number of carbonyl (C=O) groups excluding carboxylic acids is 2. The fourth-order valence-corrected chi connectivity index (χ4v) is 2.75. The maximum atomic E-state index is 12.4. The van der Waals surface area contributed by atoms with Gasteiger partial charge in [0.25, 0.3) is 5.91 Å². The lowest BCUT2D eigenvalue weighted by molar-refractivity contribution is -0.148. The van der Waals surface area contributed by atoms with E-state index in [1.54, 1.807) is 24.3 Å². The van der Waals surface area contributed by atoms with E-state index in [0.717, 1.165) is 11.1 Å². The predicted molar refractivity (Wildman–Crippen MR) is 115 cm³/mol. The smallest absolute Gasteiger partial charge is 0.331 e. The lowest BCUT2D eigenvalue weighted by atomic mass is 10.1. The Morgan fingerprint density at radius 2 is 1.63 bits per heavy atom. The van der Waals surface area contributed by atoms with Crippen LogP contribution in [0.2, 0.25) is 0 Å². The third kappa shape index (κ3) is 5.53.